The van der Waals surface area contributed by atoms with Crippen LogP contribution in [0.25, 0.3) is 0 Å². The molecule has 1 atom stereocenters. The molecule has 1 fully saturated rings. The number of rotatable bonds is 6. The maximum atomic E-state index is 12.8. The summed E-state index contributed by atoms with van der Waals surface area (Å²) >= 11 is 0. The molecule has 2 aliphatic heterocycles. The average molecular weight is 453 g/mol. The third-order valence-electron chi connectivity index (χ3n) is 6.05. The second-order valence-corrected chi connectivity index (χ2v) is 8.06. The Morgan fingerprint density at radius 1 is 1.12 bits per heavy atom. The summed E-state index contributed by atoms with van der Waals surface area (Å²) in [6.45, 7) is 4.68. The number of ether oxygens (including phenoxy) is 1. The van der Waals surface area contributed by atoms with Crippen LogP contribution in [0.2, 0.25) is 0 Å². The highest BCUT2D eigenvalue weighted by atomic mass is 16.5. The zero-order chi connectivity index (χ0) is 23.4. The number of furan rings is 1. The van der Waals surface area contributed by atoms with E-state index in [0.29, 0.717) is 49.8 Å². The number of benzene rings is 1. The molecule has 2 N–H and O–H groups in total. The number of carbonyl (C=O) groups excluding carboxylic acids is 3. The average Bonchev–Trinajstić information content (AvgIpc) is 3.38. The van der Waals surface area contributed by atoms with Crippen molar-refractivity contribution in [3.05, 3.63) is 70.8 Å². The molecule has 2 aromatic rings. The smallest absolute Gasteiger partial charge is 0.338 e. The molecule has 0 saturated carbocycles. The van der Waals surface area contributed by atoms with Gasteiger partial charge in [0.05, 0.1) is 25.0 Å². The minimum atomic E-state index is -0.603. The molecule has 9 nitrogen and oxygen atoms in total. The Morgan fingerprint density at radius 2 is 1.85 bits per heavy atom. The molecule has 174 valence electrons. The zero-order valence-electron chi connectivity index (χ0n) is 18.8. The Labute approximate surface area is 192 Å². The number of amides is 3. The molecule has 0 bridgehead atoms. The van der Waals surface area contributed by atoms with Crippen LogP contribution in [0.4, 0.5) is 4.79 Å². The van der Waals surface area contributed by atoms with Crippen LogP contribution in [-0.2, 0) is 16.0 Å². The number of esters is 1. The van der Waals surface area contributed by atoms with Gasteiger partial charge in [-0.3, -0.25) is 9.69 Å². The first-order valence-electron chi connectivity index (χ1n) is 11.0. The van der Waals surface area contributed by atoms with Crippen LogP contribution < -0.4 is 10.6 Å². The fourth-order valence-electron chi connectivity index (χ4n) is 4.18. The SMILES string of the molecule is CCc1ccc(C2NC(=O)NC(CN3CCN(C(=O)c4ccco4)CC3)=C2C(=O)OC)cc1. The number of aryl methyl sites for hydroxylation is 1. The van der Waals surface area contributed by atoms with Crippen LogP contribution in [0, 0.1) is 0 Å². The van der Waals surface area contributed by atoms with Crippen LogP contribution in [0.1, 0.15) is 34.6 Å². The summed E-state index contributed by atoms with van der Waals surface area (Å²) in [7, 11) is 1.33. The molecular formula is C24H28N4O5. The molecule has 0 radical (unpaired) electrons. The maximum Gasteiger partial charge on any atom is 0.338 e. The van der Waals surface area contributed by atoms with Crippen molar-refractivity contribution in [1.82, 2.24) is 20.4 Å². The molecule has 9 heteroatoms. The van der Waals surface area contributed by atoms with E-state index in [2.05, 4.69) is 22.5 Å². The predicted molar refractivity (Wildman–Crippen MR) is 120 cm³/mol. The van der Waals surface area contributed by atoms with Crippen molar-refractivity contribution >= 4 is 17.9 Å². The second kappa shape index (κ2) is 9.91. The summed E-state index contributed by atoms with van der Waals surface area (Å²) in [6, 6.07) is 10.2. The number of hydrogen-bond acceptors (Lipinski definition) is 6. The maximum absolute atomic E-state index is 12.8. The molecule has 33 heavy (non-hydrogen) atoms. The van der Waals surface area contributed by atoms with Crippen molar-refractivity contribution < 1.29 is 23.5 Å². The molecule has 1 saturated heterocycles. The number of nitrogens with zero attached hydrogens (tertiary/aromatic N) is 2. The number of carbonyl (C=O) groups is 3. The highest BCUT2D eigenvalue weighted by Gasteiger charge is 2.34. The quantitative estimate of drug-likeness (QED) is 0.651. The molecule has 0 spiro atoms. The van der Waals surface area contributed by atoms with Gasteiger partial charge in [0.2, 0.25) is 0 Å². The fraction of sp³-hybridized carbons (Fsp3) is 0.375. The third-order valence-corrected chi connectivity index (χ3v) is 6.05. The number of methoxy groups -OCH3 is 1. The van der Waals surface area contributed by atoms with Crippen molar-refractivity contribution in [2.24, 2.45) is 0 Å². The first kappa shape index (κ1) is 22.6. The molecule has 0 aliphatic carbocycles. The van der Waals surface area contributed by atoms with Crippen molar-refractivity contribution in [3.8, 4) is 0 Å². The number of piperazine rings is 1. The summed E-state index contributed by atoms with van der Waals surface area (Å²) in [6.07, 6.45) is 2.38. The standard InChI is InChI=1S/C24H28N4O5/c1-3-16-6-8-17(9-7-16)21-20(23(30)32-2)18(25-24(31)26-21)15-27-10-12-28(13-11-27)22(29)19-5-4-14-33-19/h4-9,14,21H,3,10-13,15H2,1-2H3,(H2,25,26,31). The van der Waals surface area contributed by atoms with Crippen LogP contribution in [0.3, 0.4) is 0 Å². The largest absolute Gasteiger partial charge is 0.466 e. The number of hydrogen-bond donors (Lipinski definition) is 2. The van der Waals surface area contributed by atoms with E-state index in [0.717, 1.165) is 12.0 Å². The summed E-state index contributed by atoms with van der Waals surface area (Å²) in [5.41, 5.74) is 2.88. The van der Waals surface area contributed by atoms with Gasteiger partial charge in [0.1, 0.15) is 0 Å². The van der Waals surface area contributed by atoms with Gasteiger partial charge in [-0.25, -0.2) is 9.59 Å². The van der Waals surface area contributed by atoms with Crippen molar-refractivity contribution in [3.63, 3.8) is 0 Å². The van der Waals surface area contributed by atoms with E-state index in [4.69, 9.17) is 9.15 Å². The lowest BCUT2D eigenvalue weighted by Gasteiger charge is -2.36. The predicted octanol–water partition coefficient (Wildman–Crippen LogP) is 2.08. The Balaban J connectivity index is 1.52. The monoisotopic (exact) mass is 452 g/mol. The minimum absolute atomic E-state index is 0.139. The molecule has 2 aliphatic rings. The van der Waals surface area contributed by atoms with E-state index >= 15 is 0 Å². The van der Waals surface area contributed by atoms with Gasteiger partial charge in [0.15, 0.2) is 5.76 Å². The molecule has 1 unspecified atom stereocenters. The van der Waals surface area contributed by atoms with Gasteiger partial charge in [-0.2, -0.15) is 0 Å². The second-order valence-electron chi connectivity index (χ2n) is 8.06. The molecule has 3 heterocycles. The molecule has 3 amide bonds. The molecular weight excluding hydrogens is 424 g/mol. The van der Waals surface area contributed by atoms with E-state index in [1.165, 1.54) is 18.9 Å². The van der Waals surface area contributed by atoms with Gasteiger partial charge in [0, 0.05) is 38.4 Å². The van der Waals surface area contributed by atoms with E-state index in [-0.39, 0.29) is 11.9 Å². The van der Waals surface area contributed by atoms with E-state index in [9.17, 15) is 14.4 Å². The molecule has 1 aromatic heterocycles. The highest BCUT2D eigenvalue weighted by Crippen LogP contribution is 2.28. The first-order chi connectivity index (χ1) is 16.0. The number of nitrogens with one attached hydrogen (secondary N) is 2. The van der Waals surface area contributed by atoms with Crippen LogP contribution >= 0.6 is 0 Å². The Bertz CT molecular complexity index is 1040. The Kier molecular flexibility index (Phi) is 6.79. The Morgan fingerprint density at radius 3 is 2.45 bits per heavy atom. The van der Waals surface area contributed by atoms with E-state index in [1.54, 1.807) is 17.0 Å². The Hall–Kier alpha value is -3.59. The lowest BCUT2D eigenvalue weighted by atomic mass is 9.94. The van der Waals surface area contributed by atoms with Crippen molar-refractivity contribution in [2.45, 2.75) is 19.4 Å². The topological polar surface area (TPSA) is 104 Å². The van der Waals surface area contributed by atoms with Gasteiger partial charge in [-0.1, -0.05) is 31.2 Å². The third kappa shape index (κ3) is 4.93. The van der Waals surface area contributed by atoms with Gasteiger partial charge in [0.25, 0.3) is 5.91 Å². The van der Waals surface area contributed by atoms with Gasteiger partial charge >= 0.3 is 12.0 Å². The summed E-state index contributed by atoms with van der Waals surface area (Å²) < 4.78 is 10.3. The van der Waals surface area contributed by atoms with Crippen molar-refractivity contribution in [1.29, 1.82) is 0 Å². The molecule has 4 rings (SSSR count). The van der Waals surface area contributed by atoms with Crippen LogP contribution in [0.5, 0.6) is 0 Å². The number of urea groups is 1. The minimum Gasteiger partial charge on any atom is -0.466 e. The lowest BCUT2D eigenvalue weighted by Crippen LogP contribution is -2.52. The summed E-state index contributed by atoms with van der Waals surface area (Å²) in [5, 5.41) is 5.65. The zero-order valence-corrected chi connectivity index (χ0v) is 18.8. The van der Waals surface area contributed by atoms with Crippen LogP contribution in [-0.4, -0.2) is 67.5 Å². The molecule has 1 aromatic carbocycles. The summed E-state index contributed by atoms with van der Waals surface area (Å²) in [4.78, 5) is 41.6. The van der Waals surface area contributed by atoms with Crippen LogP contribution in [0.15, 0.2) is 58.3 Å². The lowest BCUT2D eigenvalue weighted by molar-refractivity contribution is -0.136. The van der Waals surface area contributed by atoms with Crippen molar-refractivity contribution in [2.75, 3.05) is 39.8 Å². The normalized spacial score (nSPS) is 19.2. The first-order valence-corrected chi connectivity index (χ1v) is 11.0. The highest BCUT2D eigenvalue weighted by molar-refractivity contribution is 5.95. The van der Waals surface area contributed by atoms with Gasteiger partial charge in [-0.05, 0) is 29.7 Å². The van der Waals surface area contributed by atoms with E-state index in [1.807, 2.05) is 24.3 Å². The fourth-order valence-corrected chi connectivity index (χ4v) is 4.18. The van der Waals surface area contributed by atoms with Gasteiger partial charge < -0.3 is 24.7 Å². The van der Waals surface area contributed by atoms with E-state index < -0.39 is 12.0 Å². The summed E-state index contributed by atoms with van der Waals surface area (Å²) in [5.74, 6) is -0.310. The van der Waals surface area contributed by atoms with Gasteiger partial charge in [-0.15, -0.1) is 0 Å².